The lowest BCUT2D eigenvalue weighted by molar-refractivity contribution is -0.940. The van der Waals surface area contributed by atoms with Crippen LogP contribution in [0.15, 0.2) is 42.5 Å². The molecule has 1 aliphatic rings. The van der Waals surface area contributed by atoms with Crippen molar-refractivity contribution in [3.05, 3.63) is 64.2 Å². The van der Waals surface area contributed by atoms with Crippen LogP contribution in [0.2, 0.25) is 5.02 Å². The van der Waals surface area contributed by atoms with E-state index in [0.717, 1.165) is 43.1 Å². The van der Waals surface area contributed by atoms with Gasteiger partial charge in [-0.15, -0.1) is 0 Å². The number of halogens is 1. The molecular weight excluding hydrogens is 390 g/mol. The van der Waals surface area contributed by atoms with Crippen molar-refractivity contribution in [2.75, 3.05) is 31.6 Å². The third-order valence-corrected chi connectivity index (χ3v) is 5.78. The zero-order valence-electron chi connectivity index (χ0n) is 16.7. The Hall–Kier alpha value is -1.66. The Morgan fingerprint density at radius 3 is 2.46 bits per heavy atom. The van der Waals surface area contributed by atoms with Gasteiger partial charge in [0.15, 0.2) is 5.11 Å². The van der Waals surface area contributed by atoms with Crippen LogP contribution in [0, 0.1) is 13.8 Å². The SMILES string of the molecule is Cc1cc(C)c(NC(=S)N[C@H](C)[C@H](c2ccccc2)[NH+]2CCOCC2)c(Cl)c1. The van der Waals surface area contributed by atoms with Gasteiger partial charge in [0, 0.05) is 5.56 Å². The summed E-state index contributed by atoms with van der Waals surface area (Å²) >= 11 is 12.0. The summed E-state index contributed by atoms with van der Waals surface area (Å²) in [6.45, 7) is 9.86. The van der Waals surface area contributed by atoms with Crippen molar-refractivity contribution in [1.29, 1.82) is 0 Å². The summed E-state index contributed by atoms with van der Waals surface area (Å²) in [5, 5.41) is 8.07. The van der Waals surface area contributed by atoms with E-state index in [4.69, 9.17) is 28.6 Å². The quantitative estimate of drug-likeness (QED) is 0.651. The first kappa shape index (κ1) is 21.1. The van der Waals surface area contributed by atoms with E-state index >= 15 is 0 Å². The summed E-state index contributed by atoms with van der Waals surface area (Å²) in [6, 6.07) is 15.1. The van der Waals surface area contributed by atoms with Gasteiger partial charge in [-0.2, -0.15) is 0 Å². The van der Waals surface area contributed by atoms with Gasteiger partial charge in [-0.3, -0.25) is 0 Å². The van der Waals surface area contributed by atoms with Gasteiger partial charge in [0.05, 0.1) is 30.0 Å². The van der Waals surface area contributed by atoms with Crippen LogP contribution in [0.3, 0.4) is 0 Å². The molecule has 3 N–H and O–H groups in total. The molecule has 28 heavy (non-hydrogen) atoms. The predicted octanol–water partition coefficient (Wildman–Crippen LogP) is 3.29. The monoisotopic (exact) mass is 418 g/mol. The average Bonchev–Trinajstić information content (AvgIpc) is 2.66. The Morgan fingerprint density at radius 1 is 1.14 bits per heavy atom. The standard InChI is InChI=1S/C22H28ClN3OS/c1-15-13-16(2)20(19(23)14-15)25-22(28)24-17(3)21(18-7-5-4-6-8-18)26-9-11-27-12-10-26/h4-8,13-14,17,21H,9-12H2,1-3H3,(H2,24,25,28)/p+1/t17-,21-/m1/s1. The number of quaternary nitrogens is 1. The second kappa shape index (κ2) is 9.70. The molecule has 0 aliphatic carbocycles. The van der Waals surface area contributed by atoms with Crippen molar-refractivity contribution in [3.63, 3.8) is 0 Å². The van der Waals surface area contributed by atoms with E-state index in [1.54, 1.807) is 0 Å². The number of rotatable bonds is 5. The molecule has 2 aromatic carbocycles. The highest BCUT2D eigenvalue weighted by Crippen LogP contribution is 2.27. The van der Waals surface area contributed by atoms with Crippen molar-refractivity contribution in [2.45, 2.75) is 32.9 Å². The zero-order chi connectivity index (χ0) is 20.1. The van der Waals surface area contributed by atoms with E-state index in [0.29, 0.717) is 16.2 Å². The van der Waals surface area contributed by atoms with Crippen molar-refractivity contribution >= 4 is 34.6 Å². The van der Waals surface area contributed by atoms with Crippen LogP contribution in [0.5, 0.6) is 0 Å². The Bertz CT molecular complexity index is 786. The Labute approximate surface area is 178 Å². The highest BCUT2D eigenvalue weighted by molar-refractivity contribution is 7.80. The van der Waals surface area contributed by atoms with Gasteiger partial charge in [-0.05, 0) is 50.2 Å². The van der Waals surface area contributed by atoms with E-state index in [9.17, 15) is 0 Å². The van der Waals surface area contributed by atoms with Gasteiger partial charge in [-0.1, -0.05) is 48.0 Å². The van der Waals surface area contributed by atoms with Crippen LogP contribution in [0.4, 0.5) is 5.69 Å². The fourth-order valence-corrected chi connectivity index (χ4v) is 4.65. The molecule has 2 atom stereocenters. The molecule has 0 spiro atoms. The number of benzene rings is 2. The minimum atomic E-state index is 0.153. The fraction of sp³-hybridized carbons (Fsp3) is 0.409. The van der Waals surface area contributed by atoms with Gasteiger partial charge < -0.3 is 20.3 Å². The first-order chi connectivity index (χ1) is 13.5. The van der Waals surface area contributed by atoms with Crippen LogP contribution in [0.1, 0.15) is 29.7 Å². The van der Waals surface area contributed by atoms with E-state index in [2.05, 4.69) is 54.0 Å². The van der Waals surface area contributed by atoms with Crippen molar-refractivity contribution in [1.82, 2.24) is 5.32 Å². The van der Waals surface area contributed by atoms with Gasteiger partial charge in [-0.25, -0.2) is 0 Å². The fourth-order valence-electron chi connectivity index (χ4n) is 4.00. The lowest BCUT2D eigenvalue weighted by Gasteiger charge is -2.36. The summed E-state index contributed by atoms with van der Waals surface area (Å²) < 4.78 is 5.57. The van der Waals surface area contributed by atoms with E-state index in [1.165, 1.54) is 10.5 Å². The Morgan fingerprint density at radius 2 is 1.82 bits per heavy atom. The summed E-state index contributed by atoms with van der Waals surface area (Å²) in [6.07, 6.45) is 0. The highest BCUT2D eigenvalue weighted by Gasteiger charge is 2.31. The predicted molar refractivity (Wildman–Crippen MR) is 120 cm³/mol. The van der Waals surface area contributed by atoms with Gasteiger partial charge in [0.1, 0.15) is 19.1 Å². The van der Waals surface area contributed by atoms with Crippen LogP contribution in [-0.2, 0) is 4.74 Å². The molecule has 3 rings (SSSR count). The maximum absolute atomic E-state index is 6.43. The van der Waals surface area contributed by atoms with Gasteiger partial charge in [0.2, 0.25) is 0 Å². The second-order valence-electron chi connectivity index (χ2n) is 7.48. The first-order valence-electron chi connectivity index (χ1n) is 9.77. The van der Waals surface area contributed by atoms with E-state index < -0.39 is 0 Å². The topological polar surface area (TPSA) is 37.7 Å². The van der Waals surface area contributed by atoms with Crippen LogP contribution >= 0.6 is 23.8 Å². The van der Waals surface area contributed by atoms with Crippen molar-refractivity contribution in [2.24, 2.45) is 0 Å². The molecule has 0 radical (unpaired) electrons. The molecule has 0 saturated carbocycles. The summed E-state index contributed by atoms with van der Waals surface area (Å²) in [5.74, 6) is 0. The number of hydrogen-bond donors (Lipinski definition) is 3. The van der Waals surface area contributed by atoms with E-state index in [1.807, 2.05) is 19.9 Å². The number of thiocarbonyl (C=S) groups is 1. The second-order valence-corrected chi connectivity index (χ2v) is 8.30. The molecule has 0 aromatic heterocycles. The number of aryl methyl sites for hydroxylation is 2. The average molecular weight is 419 g/mol. The molecule has 1 fully saturated rings. The molecular formula is C22H29ClN3OS+. The molecule has 1 aliphatic heterocycles. The molecule has 4 nitrogen and oxygen atoms in total. The normalized spacial score (nSPS) is 17.0. The summed E-state index contributed by atoms with van der Waals surface area (Å²) in [5.41, 5.74) is 4.40. The lowest BCUT2D eigenvalue weighted by atomic mass is 9.98. The van der Waals surface area contributed by atoms with E-state index in [-0.39, 0.29) is 6.04 Å². The lowest BCUT2D eigenvalue weighted by Crippen LogP contribution is -3.15. The third-order valence-electron chi connectivity index (χ3n) is 5.26. The van der Waals surface area contributed by atoms with Gasteiger partial charge in [0.25, 0.3) is 0 Å². The number of ether oxygens (including phenoxy) is 1. The van der Waals surface area contributed by atoms with Crippen LogP contribution in [0.25, 0.3) is 0 Å². The minimum absolute atomic E-state index is 0.153. The molecule has 0 amide bonds. The minimum Gasteiger partial charge on any atom is -0.370 e. The zero-order valence-corrected chi connectivity index (χ0v) is 18.3. The molecule has 1 saturated heterocycles. The highest BCUT2D eigenvalue weighted by atomic mass is 35.5. The first-order valence-corrected chi connectivity index (χ1v) is 10.6. The van der Waals surface area contributed by atoms with Crippen molar-refractivity contribution in [3.8, 4) is 0 Å². The van der Waals surface area contributed by atoms with Gasteiger partial charge >= 0.3 is 0 Å². The van der Waals surface area contributed by atoms with Crippen molar-refractivity contribution < 1.29 is 9.64 Å². The Balaban J connectivity index is 1.74. The number of nitrogens with one attached hydrogen (secondary N) is 3. The molecule has 150 valence electrons. The molecule has 1 heterocycles. The van der Waals surface area contributed by atoms with Crippen LogP contribution < -0.4 is 15.5 Å². The molecule has 0 unspecified atom stereocenters. The number of hydrogen-bond acceptors (Lipinski definition) is 2. The smallest absolute Gasteiger partial charge is 0.171 e. The largest absolute Gasteiger partial charge is 0.370 e. The maximum Gasteiger partial charge on any atom is 0.171 e. The number of morpholine rings is 1. The maximum atomic E-state index is 6.43. The number of anilines is 1. The molecule has 6 heteroatoms. The Kier molecular flexibility index (Phi) is 7.30. The molecule has 0 bridgehead atoms. The third kappa shape index (κ3) is 5.23. The van der Waals surface area contributed by atoms with Crippen LogP contribution in [-0.4, -0.2) is 37.5 Å². The summed E-state index contributed by atoms with van der Waals surface area (Å²) in [7, 11) is 0. The summed E-state index contributed by atoms with van der Waals surface area (Å²) in [4.78, 5) is 1.52. The molecule has 2 aromatic rings.